The monoisotopic (exact) mass is 368 g/mol. The summed E-state index contributed by atoms with van der Waals surface area (Å²) in [5.74, 6) is -2.71. The van der Waals surface area contributed by atoms with Gasteiger partial charge in [-0.15, -0.1) is 0 Å². The number of nitrogens with one attached hydrogen (secondary N) is 1. The van der Waals surface area contributed by atoms with Crippen LogP contribution in [0.1, 0.15) is 6.92 Å². The number of anilines is 2. The minimum absolute atomic E-state index is 0.0781. The molecule has 0 aromatic heterocycles. The third-order valence-corrected chi connectivity index (χ3v) is 3.63. The maximum absolute atomic E-state index is 13.4. The SMILES string of the molecule is COc1ccc(NC(=O)CN(C(C)=O)c2ccc(F)c(F)c2)cc1Cl. The van der Waals surface area contributed by atoms with Gasteiger partial charge < -0.3 is 15.0 Å². The summed E-state index contributed by atoms with van der Waals surface area (Å²) in [5.41, 5.74) is 0.485. The van der Waals surface area contributed by atoms with Crippen LogP contribution in [0.15, 0.2) is 36.4 Å². The molecule has 0 spiro atoms. The molecule has 2 rings (SSSR count). The van der Waals surface area contributed by atoms with Gasteiger partial charge in [0.15, 0.2) is 11.6 Å². The van der Waals surface area contributed by atoms with E-state index in [-0.39, 0.29) is 12.2 Å². The molecule has 0 aliphatic heterocycles. The molecule has 0 saturated carbocycles. The maximum atomic E-state index is 13.4. The Morgan fingerprint density at radius 3 is 2.44 bits per heavy atom. The highest BCUT2D eigenvalue weighted by molar-refractivity contribution is 6.32. The molecular formula is C17H15ClF2N2O3. The number of rotatable bonds is 5. The first-order valence-electron chi connectivity index (χ1n) is 7.18. The van der Waals surface area contributed by atoms with Gasteiger partial charge in [-0.05, 0) is 30.3 Å². The molecule has 0 heterocycles. The third-order valence-electron chi connectivity index (χ3n) is 3.33. The molecule has 1 N–H and O–H groups in total. The average Bonchev–Trinajstić information content (AvgIpc) is 2.55. The number of amides is 2. The highest BCUT2D eigenvalue weighted by atomic mass is 35.5. The fraction of sp³-hybridized carbons (Fsp3) is 0.176. The molecular weight excluding hydrogens is 354 g/mol. The summed E-state index contributed by atoms with van der Waals surface area (Å²) in [4.78, 5) is 25.0. The highest BCUT2D eigenvalue weighted by Crippen LogP contribution is 2.27. The van der Waals surface area contributed by atoms with Crippen molar-refractivity contribution in [1.82, 2.24) is 0 Å². The number of hydrogen-bond acceptors (Lipinski definition) is 3. The number of nitrogens with zero attached hydrogens (tertiary/aromatic N) is 1. The van der Waals surface area contributed by atoms with E-state index in [1.807, 2.05) is 0 Å². The van der Waals surface area contributed by atoms with Crippen LogP contribution in [0.2, 0.25) is 5.02 Å². The number of carbonyl (C=O) groups is 2. The zero-order chi connectivity index (χ0) is 18.6. The van der Waals surface area contributed by atoms with Gasteiger partial charge in [0, 0.05) is 24.4 Å². The first-order valence-corrected chi connectivity index (χ1v) is 7.56. The van der Waals surface area contributed by atoms with Gasteiger partial charge in [0.1, 0.15) is 12.3 Å². The molecule has 2 aromatic rings. The lowest BCUT2D eigenvalue weighted by Gasteiger charge is -2.21. The van der Waals surface area contributed by atoms with Crippen LogP contribution in [0.3, 0.4) is 0 Å². The molecule has 2 amide bonds. The van der Waals surface area contributed by atoms with Crippen LogP contribution in [-0.4, -0.2) is 25.5 Å². The fourth-order valence-electron chi connectivity index (χ4n) is 2.13. The molecule has 132 valence electrons. The first kappa shape index (κ1) is 18.7. The van der Waals surface area contributed by atoms with E-state index < -0.39 is 23.4 Å². The van der Waals surface area contributed by atoms with Gasteiger partial charge in [-0.2, -0.15) is 0 Å². The highest BCUT2D eigenvalue weighted by Gasteiger charge is 2.18. The van der Waals surface area contributed by atoms with Crippen molar-refractivity contribution in [2.75, 3.05) is 23.9 Å². The second-order valence-corrected chi connectivity index (χ2v) is 5.51. The number of hydrogen-bond donors (Lipinski definition) is 1. The van der Waals surface area contributed by atoms with E-state index >= 15 is 0 Å². The van der Waals surface area contributed by atoms with Crippen LogP contribution in [0.25, 0.3) is 0 Å². The number of methoxy groups -OCH3 is 1. The van der Waals surface area contributed by atoms with Crippen molar-refractivity contribution in [3.63, 3.8) is 0 Å². The van der Waals surface area contributed by atoms with Crippen molar-refractivity contribution < 1.29 is 23.1 Å². The van der Waals surface area contributed by atoms with E-state index in [1.165, 1.54) is 26.2 Å². The topological polar surface area (TPSA) is 58.6 Å². The summed E-state index contributed by atoms with van der Waals surface area (Å²) in [5, 5.41) is 2.88. The van der Waals surface area contributed by atoms with Gasteiger partial charge in [0.25, 0.3) is 0 Å². The number of ether oxygens (including phenoxy) is 1. The molecule has 0 unspecified atom stereocenters. The van der Waals surface area contributed by atoms with Crippen LogP contribution in [-0.2, 0) is 9.59 Å². The van der Waals surface area contributed by atoms with E-state index in [1.54, 1.807) is 12.1 Å². The lowest BCUT2D eigenvalue weighted by atomic mass is 10.2. The normalized spacial score (nSPS) is 10.3. The van der Waals surface area contributed by atoms with E-state index in [4.69, 9.17) is 16.3 Å². The number of benzene rings is 2. The standard InChI is InChI=1S/C17H15ClF2N2O3/c1-10(23)22(12-4-5-14(19)15(20)8-12)9-17(24)21-11-3-6-16(25-2)13(18)7-11/h3-8H,9H2,1-2H3,(H,21,24). The lowest BCUT2D eigenvalue weighted by molar-refractivity contribution is -0.120. The van der Waals surface area contributed by atoms with Crippen molar-refractivity contribution in [2.45, 2.75) is 6.92 Å². The number of halogens is 3. The smallest absolute Gasteiger partial charge is 0.244 e. The Balaban J connectivity index is 2.14. The van der Waals surface area contributed by atoms with Crippen molar-refractivity contribution in [3.8, 4) is 5.75 Å². The second-order valence-electron chi connectivity index (χ2n) is 5.10. The Morgan fingerprint density at radius 1 is 1.16 bits per heavy atom. The van der Waals surface area contributed by atoms with Gasteiger partial charge in [-0.1, -0.05) is 11.6 Å². The van der Waals surface area contributed by atoms with E-state index in [0.29, 0.717) is 16.5 Å². The Labute approximate surface area is 148 Å². The van der Waals surface area contributed by atoms with Gasteiger partial charge in [0.2, 0.25) is 11.8 Å². The molecule has 8 heteroatoms. The van der Waals surface area contributed by atoms with Gasteiger partial charge in [0.05, 0.1) is 12.1 Å². The molecule has 0 aliphatic rings. The van der Waals surface area contributed by atoms with Crippen molar-refractivity contribution >= 4 is 34.8 Å². The third kappa shape index (κ3) is 4.67. The van der Waals surface area contributed by atoms with Crippen LogP contribution in [0.5, 0.6) is 5.75 Å². The molecule has 5 nitrogen and oxygen atoms in total. The zero-order valence-electron chi connectivity index (χ0n) is 13.5. The predicted octanol–water partition coefficient (Wildman–Crippen LogP) is 3.62. The Kier molecular flexibility index (Phi) is 5.93. The Bertz CT molecular complexity index is 814. The second kappa shape index (κ2) is 7.94. The molecule has 0 radical (unpaired) electrons. The van der Waals surface area contributed by atoms with E-state index in [9.17, 15) is 18.4 Å². The van der Waals surface area contributed by atoms with E-state index in [2.05, 4.69) is 5.32 Å². The summed E-state index contributed by atoms with van der Waals surface area (Å²) in [6.07, 6.45) is 0. The largest absolute Gasteiger partial charge is 0.495 e. The van der Waals surface area contributed by atoms with Crippen molar-refractivity contribution in [1.29, 1.82) is 0 Å². The quantitative estimate of drug-likeness (QED) is 0.877. The minimum atomic E-state index is -1.11. The number of carbonyl (C=O) groups excluding carboxylic acids is 2. The summed E-state index contributed by atoms with van der Waals surface area (Å²) in [6.45, 7) is 0.850. The fourth-order valence-corrected chi connectivity index (χ4v) is 2.38. The molecule has 0 bridgehead atoms. The van der Waals surface area contributed by atoms with E-state index in [0.717, 1.165) is 17.0 Å². The molecule has 25 heavy (non-hydrogen) atoms. The van der Waals surface area contributed by atoms with Crippen LogP contribution < -0.4 is 15.0 Å². The summed E-state index contributed by atoms with van der Waals surface area (Å²) < 4.78 is 31.4. The van der Waals surface area contributed by atoms with Crippen LogP contribution >= 0.6 is 11.6 Å². The Morgan fingerprint density at radius 2 is 1.88 bits per heavy atom. The summed E-state index contributed by atoms with van der Waals surface area (Å²) in [6, 6.07) is 7.62. The molecule has 0 aliphatic carbocycles. The van der Waals surface area contributed by atoms with Crippen molar-refractivity contribution in [2.24, 2.45) is 0 Å². The van der Waals surface area contributed by atoms with Crippen LogP contribution in [0.4, 0.5) is 20.2 Å². The van der Waals surface area contributed by atoms with Gasteiger partial charge in [-0.3, -0.25) is 9.59 Å². The first-order chi connectivity index (χ1) is 11.8. The van der Waals surface area contributed by atoms with Crippen LogP contribution in [0, 0.1) is 11.6 Å². The maximum Gasteiger partial charge on any atom is 0.244 e. The zero-order valence-corrected chi connectivity index (χ0v) is 14.2. The summed E-state index contributed by atoms with van der Waals surface area (Å²) in [7, 11) is 1.46. The Hall–Kier alpha value is -2.67. The lowest BCUT2D eigenvalue weighted by Crippen LogP contribution is -2.36. The molecule has 2 aromatic carbocycles. The van der Waals surface area contributed by atoms with Gasteiger partial charge in [-0.25, -0.2) is 8.78 Å². The predicted molar refractivity (Wildman–Crippen MR) is 91.0 cm³/mol. The average molecular weight is 369 g/mol. The summed E-state index contributed by atoms with van der Waals surface area (Å²) >= 11 is 5.98. The van der Waals surface area contributed by atoms with Gasteiger partial charge >= 0.3 is 0 Å². The molecule has 0 atom stereocenters. The van der Waals surface area contributed by atoms with Crippen molar-refractivity contribution in [3.05, 3.63) is 53.1 Å². The molecule has 0 saturated heterocycles. The minimum Gasteiger partial charge on any atom is -0.495 e. The molecule has 0 fully saturated rings.